The van der Waals surface area contributed by atoms with E-state index in [1.165, 1.54) is 12.5 Å². The smallest absolute Gasteiger partial charge is 0.259 e. The molecular formula is C10H8N6O2. The van der Waals surface area contributed by atoms with E-state index in [1.54, 1.807) is 13.0 Å². The molecule has 18 heavy (non-hydrogen) atoms. The van der Waals surface area contributed by atoms with Crippen molar-refractivity contribution in [3.63, 3.8) is 0 Å². The molecule has 0 aliphatic rings. The predicted molar refractivity (Wildman–Crippen MR) is 60.9 cm³/mol. The molecular weight excluding hydrogens is 236 g/mol. The lowest BCUT2D eigenvalue weighted by Gasteiger charge is -2.00. The second-order valence-corrected chi connectivity index (χ2v) is 3.63. The molecule has 3 rings (SSSR count). The van der Waals surface area contributed by atoms with Crippen molar-refractivity contribution >= 4 is 23.0 Å². The molecule has 0 bridgehead atoms. The van der Waals surface area contributed by atoms with E-state index < -0.39 is 0 Å². The number of aromatic nitrogens is 5. The molecule has 3 heterocycles. The van der Waals surface area contributed by atoms with E-state index in [9.17, 15) is 4.79 Å². The predicted octanol–water partition coefficient (Wildman–Crippen LogP) is 0.902. The summed E-state index contributed by atoms with van der Waals surface area (Å²) in [6, 6.07) is 1.67. The molecule has 3 aromatic rings. The molecule has 1 amide bonds. The lowest BCUT2D eigenvalue weighted by Crippen LogP contribution is -2.13. The van der Waals surface area contributed by atoms with E-state index in [-0.39, 0.29) is 11.9 Å². The number of hydrogen-bond acceptors (Lipinski definition) is 6. The molecule has 3 aromatic heterocycles. The highest BCUT2D eigenvalue weighted by Crippen LogP contribution is 2.17. The number of carbonyl (C=O) groups is 1. The summed E-state index contributed by atoms with van der Waals surface area (Å²) in [5.74, 6) is -0.0520. The fourth-order valence-corrected chi connectivity index (χ4v) is 1.51. The molecule has 0 fully saturated rings. The topological polar surface area (TPSA) is 110 Å². The van der Waals surface area contributed by atoms with Gasteiger partial charge in [0.05, 0.1) is 16.6 Å². The van der Waals surface area contributed by atoms with Crippen LogP contribution in [0.2, 0.25) is 0 Å². The van der Waals surface area contributed by atoms with Gasteiger partial charge in [0, 0.05) is 6.20 Å². The maximum atomic E-state index is 11.9. The summed E-state index contributed by atoms with van der Waals surface area (Å²) in [7, 11) is 0. The zero-order valence-electron chi connectivity index (χ0n) is 9.34. The summed E-state index contributed by atoms with van der Waals surface area (Å²) in [6.07, 6.45) is 2.72. The number of pyridine rings is 1. The van der Waals surface area contributed by atoms with Gasteiger partial charge >= 0.3 is 0 Å². The Morgan fingerprint density at radius 1 is 1.44 bits per heavy atom. The van der Waals surface area contributed by atoms with Crippen LogP contribution in [-0.4, -0.2) is 31.2 Å². The fourth-order valence-electron chi connectivity index (χ4n) is 1.51. The third kappa shape index (κ3) is 1.69. The SMILES string of the molecule is Cc1noc2ncc(C(=O)Nc3ncn[nH]3)cc12. The molecule has 0 aliphatic heterocycles. The lowest BCUT2D eigenvalue weighted by molar-refractivity contribution is 0.102. The van der Waals surface area contributed by atoms with E-state index in [4.69, 9.17) is 4.52 Å². The van der Waals surface area contributed by atoms with Crippen LogP contribution in [0.3, 0.4) is 0 Å². The van der Waals surface area contributed by atoms with E-state index in [0.717, 1.165) is 0 Å². The minimum absolute atomic E-state index is 0.280. The van der Waals surface area contributed by atoms with Gasteiger partial charge in [0.1, 0.15) is 6.33 Å². The highest BCUT2D eigenvalue weighted by molar-refractivity contribution is 6.04. The van der Waals surface area contributed by atoms with Crippen molar-refractivity contribution in [2.24, 2.45) is 0 Å². The Labute approximate surface area is 100 Å². The Kier molecular flexibility index (Phi) is 2.26. The molecule has 0 saturated heterocycles. The van der Waals surface area contributed by atoms with Crippen molar-refractivity contribution in [3.8, 4) is 0 Å². The summed E-state index contributed by atoms with van der Waals surface area (Å²) in [5, 5.41) is 13.2. The van der Waals surface area contributed by atoms with Gasteiger partial charge in [-0.25, -0.2) is 10.1 Å². The van der Waals surface area contributed by atoms with Gasteiger partial charge in [-0.1, -0.05) is 5.16 Å². The van der Waals surface area contributed by atoms with Crippen LogP contribution in [0, 0.1) is 6.92 Å². The van der Waals surface area contributed by atoms with Crippen LogP contribution in [0.5, 0.6) is 0 Å². The molecule has 0 saturated carbocycles. The van der Waals surface area contributed by atoms with Crippen LogP contribution in [0.4, 0.5) is 5.95 Å². The normalized spacial score (nSPS) is 10.7. The van der Waals surface area contributed by atoms with Crippen LogP contribution in [0.15, 0.2) is 23.1 Å². The summed E-state index contributed by atoms with van der Waals surface area (Å²) in [6.45, 7) is 1.78. The summed E-state index contributed by atoms with van der Waals surface area (Å²) in [5.41, 5.74) is 1.49. The molecule has 0 spiro atoms. The first-order valence-electron chi connectivity index (χ1n) is 5.13. The molecule has 90 valence electrons. The zero-order valence-corrected chi connectivity index (χ0v) is 9.34. The second kappa shape index (κ2) is 3.91. The van der Waals surface area contributed by atoms with E-state index in [2.05, 4.69) is 30.6 Å². The van der Waals surface area contributed by atoms with Gasteiger partial charge in [0.15, 0.2) is 0 Å². The first kappa shape index (κ1) is 10.4. The van der Waals surface area contributed by atoms with E-state index >= 15 is 0 Å². The van der Waals surface area contributed by atoms with Gasteiger partial charge < -0.3 is 4.52 Å². The van der Waals surface area contributed by atoms with Gasteiger partial charge in [0.2, 0.25) is 5.95 Å². The Hall–Kier alpha value is -2.77. The fraction of sp³-hybridized carbons (Fsp3) is 0.100. The average molecular weight is 244 g/mol. The average Bonchev–Trinajstić information content (AvgIpc) is 3.00. The molecule has 0 radical (unpaired) electrons. The van der Waals surface area contributed by atoms with Crippen molar-refractivity contribution in [2.75, 3.05) is 5.32 Å². The Morgan fingerprint density at radius 3 is 3.11 bits per heavy atom. The van der Waals surface area contributed by atoms with Gasteiger partial charge in [-0.2, -0.15) is 10.1 Å². The zero-order chi connectivity index (χ0) is 12.5. The van der Waals surface area contributed by atoms with Crippen LogP contribution in [-0.2, 0) is 0 Å². The number of fused-ring (bicyclic) bond motifs is 1. The van der Waals surface area contributed by atoms with Crippen LogP contribution in [0.1, 0.15) is 16.1 Å². The number of amides is 1. The Balaban J connectivity index is 1.93. The number of nitrogens with one attached hydrogen (secondary N) is 2. The highest BCUT2D eigenvalue weighted by atomic mass is 16.5. The van der Waals surface area contributed by atoms with Crippen LogP contribution in [0.25, 0.3) is 11.1 Å². The number of rotatable bonds is 2. The number of H-pyrrole nitrogens is 1. The van der Waals surface area contributed by atoms with Crippen LogP contribution < -0.4 is 5.32 Å². The summed E-state index contributed by atoms with van der Waals surface area (Å²) in [4.78, 5) is 19.7. The van der Waals surface area contributed by atoms with Crippen LogP contribution >= 0.6 is 0 Å². The number of anilines is 1. The molecule has 8 heteroatoms. The van der Waals surface area contributed by atoms with Crippen molar-refractivity contribution in [1.29, 1.82) is 0 Å². The van der Waals surface area contributed by atoms with E-state index in [1.807, 2.05) is 0 Å². The molecule has 0 atom stereocenters. The number of hydrogen-bond donors (Lipinski definition) is 2. The molecule has 2 N–H and O–H groups in total. The number of nitrogens with zero attached hydrogens (tertiary/aromatic N) is 4. The maximum absolute atomic E-state index is 11.9. The molecule has 0 aromatic carbocycles. The van der Waals surface area contributed by atoms with Gasteiger partial charge in [-0.05, 0) is 13.0 Å². The standard InChI is InChI=1S/C10H8N6O2/c1-5-7-2-6(3-11-9(7)18-16-5)8(17)14-10-12-4-13-15-10/h2-4H,1H3,(H2,12,13,14,15,17). The minimum atomic E-state index is -0.332. The van der Waals surface area contributed by atoms with Crippen molar-refractivity contribution in [1.82, 2.24) is 25.3 Å². The third-order valence-electron chi connectivity index (χ3n) is 2.42. The maximum Gasteiger partial charge on any atom is 0.259 e. The number of aromatic amines is 1. The number of carbonyl (C=O) groups excluding carboxylic acids is 1. The first-order valence-corrected chi connectivity index (χ1v) is 5.13. The molecule has 0 unspecified atom stereocenters. The Morgan fingerprint density at radius 2 is 2.33 bits per heavy atom. The first-order chi connectivity index (χ1) is 8.74. The number of aryl methyl sites for hydroxylation is 1. The van der Waals surface area contributed by atoms with Gasteiger partial charge in [-0.15, -0.1) is 0 Å². The van der Waals surface area contributed by atoms with Crippen molar-refractivity contribution in [3.05, 3.63) is 29.8 Å². The quantitative estimate of drug-likeness (QED) is 0.693. The largest absolute Gasteiger partial charge is 0.336 e. The molecule has 0 aliphatic carbocycles. The summed E-state index contributed by atoms with van der Waals surface area (Å²) < 4.78 is 4.97. The van der Waals surface area contributed by atoms with Gasteiger partial charge in [-0.3, -0.25) is 10.1 Å². The van der Waals surface area contributed by atoms with Gasteiger partial charge in [0.25, 0.3) is 11.6 Å². The monoisotopic (exact) mass is 244 g/mol. The minimum Gasteiger partial charge on any atom is -0.336 e. The van der Waals surface area contributed by atoms with Crippen molar-refractivity contribution in [2.45, 2.75) is 6.92 Å². The second-order valence-electron chi connectivity index (χ2n) is 3.63. The van der Waals surface area contributed by atoms with Crippen molar-refractivity contribution < 1.29 is 9.32 Å². The third-order valence-corrected chi connectivity index (χ3v) is 2.42. The highest BCUT2D eigenvalue weighted by Gasteiger charge is 2.12. The molecule has 8 nitrogen and oxygen atoms in total. The lowest BCUT2D eigenvalue weighted by atomic mass is 10.2. The van der Waals surface area contributed by atoms with E-state index in [0.29, 0.717) is 22.4 Å². The summed E-state index contributed by atoms with van der Waals surface area (Å²) >= 11 is 0. The Bertz CT molecular complexity index is 702.